The van der Waals surface area contributed by atoms with Crippen molar-refractivity contribution in [2.45, 2.75) is 6.54 Å². The molecule has 1 aromatic heterocycles. The van der Waals surface area contributed by atoms with Gasteiger partial charge in [-0.25, -0.2) is 4.98 Å². The molecule has 6 heteroatoms. The van der Waals surface area contributed by atoms with Crippen LogP contribution in [0.2, 0.25) is 0 Å². The number of anilines is 1. The summed E-state index contributed by atoms with van der Waals surface area (Å²) in [5.41, 5.74) is 1.82. The van der Waals surface area contributed by atoms with Crippen molar-refractivity contribution in [1.29, 1.82) is 0 Å². The zero-order chi connectivity index (χ0) is 19.2. The molecule has 0 saturated carbocycles. The Morgan fingerprint density at radius 2 is 1.86 bits per heavy atom. The monoisotopic (exact) mass is 377 g/mol. The smallest absolute Gasteiger partial charge is 0.258 e. The van der Waals surface area contributed by atoms with Crippen LogP contribution in [0, 0.1) is 0 Å². The molecule has 1 aliphatic rings. The Bertz CT molecular complexity index is 940. The van der Waals surface area contributed by atoms with Crippen LogP contribution in [0.5, 0.6) is 5.75 Å². The summed E-state index contributed by atoms with van der Waals surface area (Å²) < 4.78 is 11.2. The van der Waals surface area contributed by atoms with Crippen molar-refractivity contribution in [3.05, 3.63) is 66.2 Å². The van der Waals surface area contributed by atoms with Gasteiger partial charge < -0.3 is 19.7 Å². The molecule has 0 unspecified atom stereocenters. The predicted octanol–water partition coefficient (Wildman–Crippen LogP) is 2.77. The van der Waals surface area contributed by atoms with Gasteiger partial charge in [-0.3, -0.25) is 4.79 Å². The van der Waals surface area contributed by atoms with Crippen LogP contribution in [0.4, 0.5) is 5.82 Å². The van der Waals surface area contributed by atoms with E-state index in [1.54, 1.807) is 0 Å². The zero-order valence-corrected chi connectivity index (χ0v) is 15.6. The number of aromatic nitrogens is 1. The molecule has 144 valence electrons. The fraction of sp³-hybridized carbons (Fsp3) is 0.273. The average Bonchev–Trinajstić information content (AvgIpc) is 2.77. The molecule has 1 fully saturated rings. The van der Waals surface area contributed by atoms with Gasteiger partial charge in [0.25, 0.3) is 5.91 Å². The summed E-state index contributed by atoms with van der Waals surface area (Å²) in [6, 6.07) is 19.6. The minimum absolute atomic E-state index is 0.0462. The third-order valence-corrected chi connectivity index (χ3v) is 4.69. The number of nitrogens with zero attached hydrogens (tertiary/aromatic N) is 2. The van der Waals surface area contributed by atoms with Crippen molar-refractivity contribution in [3.63, 3.8) is 0 Å². The number of amides is 1. The lowest BCUT2D eigenvalue weighted by Crippen LogP contribution is -2.36. The van der Waals surface area contributed by atoms with Gasteiger partial charge in [0.05, 0.1) is 13.2 Å². The van der Waals surface area contributed by atoms with Crippen molar-refractivity contribution >= 4 is 22.6 Å². The van der Waals surface area contributed by atoms with E-state index in [2.05, 4.69) is 10.2 Å². The fourth-order valence-electron chi connectivity index (χ4n) is 3.19. The first-order chi connectivity index (χ1) is 13.8. The highest BCUT2D eigenvalue weighted by molar-refractivity contribution is 5.86. The number of carbonyl (C=O) groups excluding carboxylic acids is 1. The van der Waals surface area contributed by atoms with Crippen molar-refractivity contribution in [1.82, 2.24) is 10.3 Å². The Morgan fingerprint density at radius 3 is 2.68 bits per heavy atom. The average molecular weight is 377 g/mol. The number of fused-ring (bicyclic) bond motifs is 1. The molecule has 28 heavy (non-hydrogen) atoms. The Kier molecular flexibility index (Phi) is 5.68. The first-order valence-corrected chi connectivity index (χ1v) is 9.45. The zero-order valence-electron chi connectivity index (χ0n) is 15.6. The number of pyridine rings is 1. The number of hydrogen-bond acceptors (Lipinski definition) is 5. The lowest BCUT2D eigenvalue weighted by molar-refractivity contribution is -0.123. The molecule has 6 nitrogen and oxygen atoms in total. The largest absolute Gasteiger partial charge is 0.481 e. The lowest BCUT2D eigenvalue weighted by atomic mass is 10.2. The quantitative estimate of drug-likeness (QED) is 0.716. The normalized spacial score (nSPS) is 14.1. The maximum Gasteiger partial charge on any atom is 0.258 e. The molecular weight excluding hydrogens is 354 g/mol. The molecule has 0 bridgehead atoms. The van der Waals surface area contributed by atoms with Crippen LogP contribution in [0.25, 0.3) is 10.9 Å². The van der Waals surface area contributed by atoms with Crippen molar-refractivity contribution in [2.75, 3.05) is 37.8 Å². The molecule has 0 aliphatic carbocycles. The van der Waals surface area contributed by atoms with Gasteiger partial charge in [-0.05, 0) is 23.8 Å². The minimum Gasteiger partial charge on any atom is -0.481 e. The first-order valence-electron chi connectivity index (χ1n) is 9.45. The van der Waals surface area contributed by atoms with Gasteiger partial charge in [0.15, 0.2) is 6.61 Å². The van der Waals surface area contributed by atoms with E-state index in [4.69, 9.17) is 14.5 Å². The Hall–Kier alpha value is -3.12. The summed E-state index contributed by atoms with van der Waals surface area (Å²) in [7, 11) is 0. The molecule has 1 N–H and O–H groups in total. The van der Waals surface area contributed by atoms with Gasteiger partial charge in [-0.2, -0.15) is 0 Å². The van der Waals surface area contributed by atoms with Gasteiger partial charge in [0.2, 0.25) is 0 Å². The number of ether oxygens (including phenoxy) is 2. The second-order valence-electron chi connectivity index (χ2n) is 6.65. The molecule has 2 aromatic carbocycles. The molecule has 0 spiro atoms. The Balaban J connectivity index is 1.43. The number of nitrogens with one attached hydrogen (secondary N) is 1. The SMILES string of the molecule is O=C(COc1cccc2ccc(N3CCOCC3)nc12)NCc1ccccc1. The molecule has 1 amide bonds. The minimum atomic E-state index is -0.162. The van der Waals surface area contributed by atoms with E-state index < -0.39 is 0 Å². The van der Waals surface area contributed by atoms with Crippen molar-refractivity contribution in [2.24, 2.45) is 0 Å². The number of para-hydroxylation sites is 1. The van der Waals surface area contributed by atoms with Crippen LogP contribution >= 0.6 is 0 Å². The fourth-order valence-corrected chi connectivity index (χ4v) is 3.19. The lowest BCUT2D eigenvalue weighted by Gasteiger charge is -2.28. The maximum absolute atomic E-state index is 12.2. The number of benzene rings is 2. The number of rotatable bonds is 6. The summed E-state index contributed by atoms with van der Waals surface area (Å²) in [6.07, 6.45) is 0. The highest BCUT2D eigenvalue weighted by Gasteiger charge is 2.14. The van der Waals surface area contributed by atoms with Gasteiger partial charge in [0, 0.05) is 25.0 Å². The highest BCUT2D eigenvalue weighted by atomic mass is 16.5. The summed E-state index contributed by atoms with van der Waals surface area (Å²) >= 11 is 0. The Labute approximate surface area is 164 Å². The second-order valence-corrected chi connectivity index (χ2v) is 6.65. The van der Waals surface area contributed by atoms with E-state index in [0.29, 0.717) is 25.5 Å². The molecule has 0 atom stereocenters. The maximum atomic E-state index is 12.2. The molecule has 1 saturated heterocycles. The molecule has 4 rings (SSSR count). The molecule has 1 aliphatic heterocycles. The number of hydrogen-bond donors (Lipinski definition) is 1. The van der Waals surface area contributed by atoms with Crippen LogP contribution in [0.3, 0.4) is 0 Å². The van der Waals surface area contributed by atoms with Crippen molar-refractivity contribution in [3.8, 4) is 5.75 Å². The van der Waals surface area contributed by atoms with Gasteiger partial charge in [-0.15, -0.1) is 0 Å². The Morgan fingerprint density at radius 1 is 1.04 bits per heavy atom. The van der Waals surface area contributed by atoms with Crippen LogP contribution < -0.4 is 15.0 Å². The molecule has 2 heterocycles. The third-order valence-electron chi connectivity index (χ3n) is 4.69. The number of morpholine rings is 1. The van der Waals surface area contributed by atoms with E-state index in [-0.39, 0.29) is 12.5 Å². The van der Waals surface area contributed by atoms with Crippen LogP contribution in [0.15, 0.2) is 60.7 Å². The predicted molar refractivity (Wildman–Crippen MR) is 109 cm³/mol. The molecule has 0 radical (unpaired) electrons. The van der Waals surface area contributed by atoms with E-state index in [1.165, 1.54) is 0 Å². The topological polar surface area (TPSA) is 63.7 Å². The first kappa shape index (κ1) is 18.3. The van der Waals surface area contributed by atoms with Gasteiger partial charge in [-0.1, -0.05) is 42.5 Å². The van der Waals surface area contributed by atoms with E-state index in [9.17, 15) is 4.79 Å². The molecular formula is C22H23N3O3. The summed E-state index contributed by atoms with van der Waals surface area (Å²) in [4.78, 5) is 19.1. The number of carbonyl (C=O) groups is 1. The van der Waals surface area contributed by atoms with E-state index in [0.717, 1.165) is 35.4 Å². The summed E-state index contributed by atoms with van der Waals surface area (Å²) in [6.45, 7) is 3.50. The van der Waals surface area contributed by atoms with Gasteiger partial charge in [0.1, 0.15) is 17.1 Å². The van der Waals surface area contributed by atoms with E-state index in [1.807, 2.05) is 60.7 Å². The highest BCUT2D eigenvalue weighted by Crippen LogP contribution is 2.26. The summed E-state index contributed by atoms with van der Waals surface area (Å²) in [5, 5.41) is 3.86. The standard InChI is InChI=1S/C22H23N3O3/c26-21(23-15-17-5-2-1-3-6-17)16-28-19-8-4-7-18-9-10-20(24-22(18)19)25-11-13-27-14-12-25/h1-10H,11-16H2,(H,23,26). The van der Waals surface area contributed by atoms with Gasteiger partial charge >= 0.3 is 0 Å². The van der Waals surface area contributed by atoms with Crippen LogP contribution in [0.1, 0.15) is 5.56 Å². The van der Waals surface area contributed by atoms with Crippen LogP contribution in [-0.4, -0.2) is 43.8 Å². The van der Waals surface area contributed by atoms with Crippen LogP contribution in [-0.2, 0) is 16.1 Å². The summed E-state index contributed by atoms with van der Waals surface area (Å²) in [5.74, 6) is 1.35. The van der Waals surface area contributed by atoms with E-state index >= 15 is 0 Å². The third kappa shape index (κ3) is 4.40. The molecule has 3 aromatic rings. The van der Waals surface area contributed by atoms with Crippen molar-refractivity contribution < 1.29 is 14.3 Å². The second kappa shape index (κ2) is 8.71.